The molecule has 0 radical (unpaired) electrons. The van der Waals surface area contributed by atoms with Gasteiger partial charge in [0.2, 0.25) is 0 Å². The predicted octanol–water partition coefficient (Wildman–Crippen LogP) is 3.47. The fourth-order valence-electron chi connectivity index (χ4n) is 1.76. The van der Waals surface area contributed by atoms with Crippen molar-refractivity contribution in [3.05, 3.63) is 59.4 Å². The van der Waals surface area contributed by atoms with E-state index in [-0.39, 0.29) is 0 Å². The van der Waals surface area contributed by atoms with Crippen molar-refractivity contribution in [1.29, 1.82) is 0 Å². The summed E-state index contributed by atoms with van der Waals surface area (Å²) in [5.74, 6) is 0.805. The number of aromatic nitrogens is 1. The predicted molar refractivity (Wildman–Crippen MR) is 81.7 cm³/mol. The van der Waals surface area contributed by atoms with Gasteiger partial charge in [0.25, 0.3) is 0 Å². The largest absolute Gasteiger partial charge is 0.487 e. The first kappa shape index (κ1) is 14.5. The molecule has 106 valence electrons. The first-order chi connectivity index (χ1) is 9.63. The third-order valence-corrected chi connectivity index (χ3v) is 3.02. The van der Waals surface area contributed by atoms with Crippen molar-refractivity contribution in [3.63, 3.8) is 0 Å². The summed E-state index contributed by atoms with van der Waals surface area (Å²) >= 11 is 0. The first-order valence-corrected chi connectivity index (χ1v) is 7.00. The van der Waals surface area contributed by atoms with Crippen LogP contribution in [-0.4, -0.2) is 11.0 Å². The number of nitrogens with zero attached hydrogens (tertiary/aromatic N) is 1. The Kier molecular flexibility index (Phi) is 5.13. The molecule has 0 aliphatic carbocycles. The minimum Gasteiger partial charge on any atom is -0.487 e. The van der Waals surface area contributed by atoms with Gasteiger partial charge in [-0.3, -0.25) is 4.98 Å². The number of benzene rings is 1. The molecule has 0 amide bonds. The highest BCUT2D eigenvalue weighted by molar-refractivity contribution is 5.23. The number of aryl methyl sites for hydroxylation is 1. The highest BCUT2D eigenvalue weighted by Gasteiger charge is 1.99. The molecule has 2 aromatic rings. The second kappa shape index (κ2) is 7.06. The van der Waals surface area contributed by atoms with E-state index in [2.05, 4.69) is 55.3 Å². The monoisotopic (exact) mass is 270 g/mol. The second-order valence-electron chi connectivity index (χ2n) is 5.30. The van der Waals surface area contributed by atoms with E-state index in [9.17, 15) is 0 Å². The van der Waals surface area contributed by atoms with Crippen molar-refractivity contribution in [2.45, 2.75) is 40.0 Å². The summed E-state index contributed by atoms with van der Waals surface area (Å²) < 4.78 is 5.73. The fourth-order valence-corrected chi connectivity index (χ4v) is 1.76. The molecule has 0 aliphatic rings. The Hall–Kier alpha value is -1.87. The summed E-state index contributed by atoms with van der Waals surface area (Å²) in [5, 5.41) is 3.34. The quantitative estimate of drug-likeness (QED) is 0.872. The molecule has 0 aliphatic heterocycles. The van der Waals surface area contributed by atoms with Crippen LogP contribution in [0.4, 0.5) is 0 Å². The van der Waals surface area contributed by atoms with Gasteiger partial charge in [-0.2, -0.15) is 0 Å². The number of pyridine rings is 1. The lowest BCUT2D eigenvalue weighted by molar-refractivity contribution is 0.304. The maximum atomic E-state index is 5.73. The number of hydrogen-bond donors (Lipinski definition) is 1. The minimum atomic E-state index is 0.467. The van der Waals surface area contributed by atoms with E-state index >= 15 is 0 Å². The molecule has 1 aromatic heterocycles. The third-order valence-electron chi connectivity index (χ3n) is 3.02. The highest BCUT2D eigenvalue weighted by Crippen LogP contribution is 2.12. The van der Waals surface area contributed by atoms with Crippen LogP contribution in [0.25, 0.3) is 0 Å². The third kappa shape index (κ3) is 4.67. The molecule has 20 heavy (non-hydrogen) atoms. The summed E-state index contributed by atoms with van der Waals surface area (Å²) in [6.07, 6.45) is 1.78. The summed E-state index contributed by atoms with van der Waals surface area (Å²) in [6, 6.07) is 12.8. The molecule has 1 heterocycles. The summed E-state index contributed by atoms with van der Waals surface area (Å²) in [4.78, 5) is 4.39. The van der Waals surface area contributed by atoms with Crippen LogP contribution < -0.4 is 10.1 Å². The Labute approximate surface area is 121 Å². The molecule has 1 N–H and O–H groups in total. The second-order valence-corrected chi connectivity index (χ2v) is 5.30. The van der Waals surface area contributed by atoms with Gasteiger partial charge in [0.05, 0.1) is 11.9 Å². The van der Waals surface area contributed by atoms with Gasteiger partial charge in [0.15, 0.2) is 0 Å². The smallest absolute Gasteiger partial charge is 0.138 e. The first-order valence-electron chi connectivity index (χ1n) is 7.00. The molecule has 3 nitrogen and oxygen atoms in total. The molecule has 2 rings (SSSR count). The van der Waals surface area contributed by atoms with Crippen molar-refractivity contribution < 1.29 is 4.74 Å². The van der Waals surface area contributed by atoms with Crippen molar-refractivity contribution in [3.8, 4) is 5.75 Å². The van der Waals surface area contributed by atoms with E-state index in [0.717, 1.165) is 18.0 Å². The van der Waals surface area contributed by atoms with Crippen LogP contribution in [0.1, 0.15) is 30.7 Å². The van der Waals surface area contributed by atoms with Crippen molar-refractivity contribution >= 4 is 0 Å². The van der Waals surface area contributed by atoms with Gasteiger partial charge in [-0.05, 0) is 24.6 Å². The van der Waals surface area contributed by atoms with Gasteiger partial charge < -0.3 is 10.1 Å². The molecule has 0 saturated heterocycles. The van der Waals surface area contributed by atoms with Gasteiger partial charge in [-0.15, -0.1) is 0 Å². The summed E-state index contributed by atoms with van der Waals surface area (Å²) in [6.45, 7) is 7.69. The van der Waals surface area contributed by atoms with E-state index in [4.69, 9.17) is 4.74 Å². The van der Waals surface area contributed by atoms with Gasteiger partial charge in [0, 0.05) is 12.6 Å². The Morgan fingerprint density at radius 1 is 1.10 bits per heavy atom. The van der Waals surface area contributed by atoms with Gasteiger partial charge in [-0.1, -0.05) is 43.7 Å². The van der Waals surface area contributed by atoms with Crippen LogP contribution in [0.2, 0.25) is 0 Å². The zero-order valence-corrected chi connectivity index (χ0v) is 12.4. The Morgan fingerprint density at radius 3 is 2.45 bits per heavy atom. The van der Waals surface area contributed by atoms with Gasteiger partial charge in [0.1, 0.15) is 12.4 Å². The van der Waals surface area contributed by atoms with Crippen molar-refractivity contribution in [1.82, 2.24) is 10.3 Å². The Bertz CT molecular complexity index is 518. The SMILES string of the molecule is Cc1ccc(COc2ccc(CNC(C)C)nc2)cc1. The van der Waals surface area contributed by atoms with Crippen molar-refractivity contribution in [2.24, 2.45) is 0 Å². The molecular weight excluding hydrogens is 248 g/mol. The summed E-state index contributed by atoms with van der Waals surface area (Å²) in [7, 11) is 0. The van der Waals surface area contributed by atoms with E-state index in [0.29, 0.717) is 12.6 Å². The number of hydrogen-bond acceptors (Lipinski definition) is 3. The van der Waals surface area contributed by atoms with Crippen LogP contribution in [0, 0.1) is 6.92 Å². The molecule has 0 atom stereocenters. The highest BCUT2D eigenvalue weighted by atomic mass is 16.5. The average Bonchev–Trinajstić information content (AvgIpc) is 2.45. The molecule has 0 unspecified atom stereocenters. The van der Waals surface area contributed by atoms with Crippen molar-refractivity contribution in [2.75, 3.05) is 0 Å². The standard InChI is InChI=1S/C17H22N2O/c1-13(2)18-10-16-8-9-17(11-19-16)20-12-15-6-4-14(3)5-7-15/h4-9,11,13,18H,10,12H2,1-3H3. The zero-order chi connectivity index (χ0) is 14.4. The molecular formula is C17H22N2O. The number of nitrogens with one attached hydrogen (secondary N) is 1. The number of rotatable bonds is 6. The van der Waals surface area contributed by atoms with Crippen LogP contribution in [0.15, 0.2) is 42.6 Å². The maximum Gasteiger partial charge on any atom is 0.138 e. The lowest BCUT2D eigenvalue weighted by Crippen LogP contribution is -2.22. The van der Waals surface area contributed by atoms with Crippen LogP contribution in [-0.2, 0) is 13.2 Å². The van der Waals surface area contributed by atoms with Crippen LogP contribution >= 0.6 is 0 Å². The van der Waals surface area contributed by atoms with E-state index in [1.165, 1.54) is 11.1 Å². The number of ether oxygens (including phenoxy) is 1. The lowest BCUT2D eigenvalue weighted by Gasteiger charge is -2.09. The fraction of sp³-hybridized carbons (Fsp3) is 0.353. The van der Waals surface area contributed by atoms with Gasteiger partial charge in [-0.25, -0.2) is 0 Å². The van der Waals surface area contributed by atoms with Crippen LogP contribution in [0.3, 0.4) is 0 Å². The Balaban J connectivity index is 1.85. The molecule has 0 fully saturated rings. The topological polar surface area (TPSA) is 34.1 Å². The van der Waals surface area contributed by atoms with E-state index < -0.39 is 0 Å². The molecule has 0 spiro atoms. The van der Waals surface area contributed by atoms with Gasteiger partial charge >= 0.3 is 0 Å². The molecule has 0 bridgehead atoms. The molecule has 3 heteroatoms. The minimum absolute atomic E-state index is 0.467. The Morgan fingerprint density at radius 2 is 1.85 bits per heavy atom. The van der Waals surface area contributed by atoms with E-state index in [1.807, 2.05) is 12.1 Å². The summed E-state index contributed by atoms with van der Waals surface area (Å²) in [5.41, 5.74) is 3.46. The lowest BCUT2D eigenvalue weighted by atomic mass is 10.2. The van der Waals surface area contributed by atoms with Crippen LogP contribution in [0.5, 0.6) is 5.75 Å². The zero-order valence-electron chi connectivity index (χ0n) is 12.4. The van der Waals surface area contributed by atoms with E-state index in [1.54, 1.807) is 6.20 Å². The average molecular weight is 270 g/mol. The molecule has 0 saturated carbocycles. The maximum absolute atomic E-state index is 5.73. The normalized spacial score (nSPS) is 10.8. The molecule has 1 aromatic carbocycles.